The van der Waals surface area contributed by atoms with Gasteiger partial charge in [0.2, 0.25) is 17.7 Å². The Labute approximate surface area is 159 Å². The third-order valence-corrected chi connectivity index (χ3v) is 3.21. The van der Waals surface area contributed by atoms with Crippen LogP contribution in [0.1, 0.15) is 19.3 Å². The van der Waals surface area contributed by atoms with Gasteiger partial charge in [-0.25, -0.2) is 0 Å². The summed E-state index contributed by atoms with van der Waals surface area (Å²) in [6.45, 7) is 3.76. The zero-order valence-corrected chi connectivity index (χ0v) is 15.7. The van der Waals surface area contributed by atoms with Crippen molar-refractivity contribution in [1.29, 1.82) is 0 Å². The number of carbonyl (C=O) groups excluding carboxylic acids is 3. The topological polar surface area (TPSA) is 178 Å². The second kappa shape index (κ2) is 17.6. The molecular weight excluding hydrogens is 360 g/mol. The molecule has 0 rings (SSSR count). The van der Waals surface area contributed by atoms with Crippen molar-refractivity contribution in [3.8, 4) is 0 Å². The Kier molecular flexibility index (Phi) is 16.4. The molecule has 0 aliphatic carbocycles. The zero-order chi connectivity index (χ0) is 20.3. The average Bonchev–Trinajstić information content (AvgIpc) is 2.62. The maximum absolute atomic E-state index is 11.7. The standard InChI is InChI=1S/C16H32N4O7/c17-4-6-25-8-10-27-12-11-26-9-7-24-5-3-15(22)20-13(16(19)23)1-2-14(18)21/h13H,1-12,17H2,(H2,18,21)(H2,19,23)(H,20,22)/t13-/m0/s1. The summed E-state index contributed by atoms with van der Waals surface area (Å²) in [5, 5.41) is 2.45. The first-order valence-corrected chi connectivity index (χ1v) is 8.85. The fourth-order valence-electron chi connectivity index (χ4n) is 1.85. The van der Waals surface area contributed by atoms with E-state index in [0.717, 1.165) is 0 Å². The molecule has 0 aliphatic rings. The Balaban J connectivity index is 3.51. The summed E-state index contributed by atoms with van der Waals surface area (Å²) in [4.78, 5) is 33.7. The molecule has 0 fully saturated rings. The number of rotatable bonds is 19. The molecule has 11 heteroatoms. The molecule has 7 N–H and O–H groups in total. The molecule has 158 valence electrons. The van der Waals surface area contributed by atoms with Crippen molar-refractivity contribution in [1.82, 2.24) is 5.32 Å². The lowest BCUT2D eigenvalue weighted by Gasteiger charge is -2.14. The van der Waals surface area contributed by atoms with Crippen LogP contribution in [0, 0.1) is 0 Å². The molecule has 11 nitrogen and oxygen atoms in total. The van der Waals surface area contributed by atoms with E-state index in [1.54, 1.807) is 0 Å². The molecule has 0 bridgehead atoms. The predicted octanol–water partition coefficient (Wildman–Crippen LogP) is -2.36. The molecule has 0 aromatic heterocycles. The van der Waals surface area contributed by atoms with Crippen LogP contribution in [0.4, 0.5) is 0 Å². The van der Waals surface area contributed by atoms with Gasteiger partial charge in [0.15, 0.2) is 0 Å². The Morgan fingerprint density at radius 2 is 1.22 bits per heavy atom. The van der Waals surface area contributed by atoms with Crippen LogP contribution >= 0.6 is 0 Å². The largest absolute Gasteiger partial charge is 0.379 e. The minimum atomic E-state index is -0.922. The van der Waals surface area contributed by atoms with Crippen molar-refractivity contribution < 1.29 is 33.3 Å². The molecule has 1 atom stereocenters. The summed E-state index contributed by atoms with van der Waals surface area (Å²) in [7, 11) is 0. The van der Waals surface area contributed by atoms with E-state index >= 15 is 0 Å². The van der Waals surface area contributed by atoms with Gasteiger partial charge in [-0.3, -0.25) is 14.4 Å². The lowest BCUT2D eigenvalue weighted by atomic mass is 10.1. The Morgan fingerprint density at radius 1 is 0.741 bits per heavy atom. The molecule has 0 radical (unpaired) electrons. The number of carbonyl (C=O) groups is 3. The van der Waals surface area contributed by atoms with Gasteiger partial charge in [0.25, 0.3) is 0 Å². The first-order chi connectivity index (χ1) is 13.0. The molecular formula is C16H32N4O7. The number of ether oxygens (including phenoxy) is 4. The molecule has 3 amide bonds. The summed E-state index contributed by atoms with van der Waals surface area (Å²) in [6.07, 6.45) is 0.102. The molecule has 0 aromatic carbocycles. The van der Waals surface area contributed by atoms with Crippen LogP contribution in [-0.4, -0.2) is 83.2 Å². The molecule has 0 saturated heterocycles. The van der Waals surface area contributed by atoms with Crippen LogP contribution in [0.2, 0.25) is 0 Å². The first-order valence-electron chi connectivity index (χ1n) is 8.85. The number of nitrogens with one attached hydrogen (secondary N) is 1. The van der Waals surface area contributed by atoms with E-state index in [-0.39, 0.29) is 25.9 Å². The van der Waals surface area contributed by atoms with Gasteiger partial charge in [0, 0.05) is 19.4 Å². The summed E-state index contributed by atoms with van der Waals surface area (Å²) in [5.41, 5.74) is 15.5. The second-order valence-corrected chi connectivity index (χ2v) is 5.52. The van der Waals surface area contributed by atoms with E-state index in [1.807, 2.05) is 0 Å². The molecule has 0 aromatic rings. The van der Waals surface area contributed by atoms with Crippen molar-refractivity contribution in [2.45, 2.75) is 25.3 Å². The lowest BCUT2D eigenvalue weighted by molar-refractivity contribution is -0.128. The lowest BCUT2D eigenvalue weighted by Crippen LogP contribution is -2.45. The fraction of sp³-hybridized carbons (Fsp3) is 0.812. The van der Waals surface area contributed by atoms with Gasteiger partial charge in [0.05, 0.1) is 52.9 Å². The van der Waals surface area contributed by atoms with E-state index in [1.165, 1.54) is 0 Å². The van der Waals surface area contributed by atoms with E-state index in [2.05, 4.69) is 5.32 Å². The molecule has 0 unspecified atom stereocenters. The quantitative estimate of drug-likeness (QED) is 0.176. The van der Waals surface area contributed by atoms with Gasteiger partial charge < -0.3 is 41.5 Å². The van der Waals surface area contributed by atoms with Gasteiger partial charge in [-0.15, -0.1) is 0 Å². The van der Waals surface area contributed by atoms with Crippen LogP contribution in [-0.2, 0) is 33.3 Å². The van der Waals surface area contributed by atoms with Gasteiger partial charge in [-0.1, -0.05) is 0 Å². The highest BCUT2D eigenvalue weighted by Gasteiger charge is 2.18. The highest BCUT2D eigenvalue weighted by Crippen LogP contribution is 1.97. The van der Waals surface area contributed by atoms with E-state index in [9.17, 15) is 14.4 Å². The smallest absolute Gasteiger partial charge is 0.240 e. The highest BCUT2D eigenvalue weighted by atomic mass is 16.6. The van der Waals surface area contributed by atoms with Crippen LogP contribution < -0.4 is 22.5 Å². The van der Waals surface area contributed by atoms with Crippen LogP contribution in [0.25, 0.3) is 0 Å². The van der Waals surface area contributed by atoms with Crippen LogP contribution in [0.15, 0.2) is 0 Å². The summed E-state index contributed by atoms with van der Waals surface area (Å²) in [6, 6.07) is -0.922. The number of nitrogens with two attached hydrogens (primary N) is 3. The normalized spacial score (nSPS) is 11.9. The first kappa shape index (κ1) is 25.2. The minimum Gasteiger partial charge on any atom is -0.379 e. The van der Waals surface area contributed by atoms with Crippen LogP contribution in [0.5, 0.6) is 0 Å². The minimum absolute atomic E-state index is 0.0356. The maximum atomic E-state index is 11.7. The van der Waals surface area contributed by atoms with E-state index in [0.29, 0.717) is 52.8 Å². The van der Waals surface area contributed by atoms with E-state index in [4.69, 9.17) is 36.1 Å². The Morgan fingerprint density at radius 3 is 1.67 bits per heavy atom. The van der Waals surface area contributed by atoms with Gasteiger partial charge in [-0.2, -0.15) is 0 Å². The monoisotopic (exact) mass is 392 g/mol. The SMILES string of the molecule is NCCOCCOCCOCCOCCC(=O)N[C@@H](CCC(N)=O)C(N)=O. The number of primary amides is 2. The van der Waals surface area contributed by atoms with Crippen molar-refractivity contribution in [2.24, 2.45) is 17.2 Å². The summed E-state index contributed by atoms with van der Waals surface area (Å²) < 4.78 is 21.0. The average molecular weight is 392 g/mol. The Bertz CT molecular complexity index is 424. The summed E-state index contributed by atoms with van der Waals surface area (Å²) >= 11 is 0. The molecule has 0 spiro atoms. The molecule has 0 saturated carbocycles. The van der Waals surface area contributed by atoms with E-state index < -0.39 is 23.8 Å². The second-order valence-electron chi connectivity index (χ2n) is 5.52. The third-order valence-electron chi connectivity index (χ3n) is 3.21. The molecule has 27 heavy (non-hydrogen) atoms. The van der Waals surface area contributed by atoms with Crippen molar-refractivity contribution in [3.05, 3.63) is 0 Å². The van der Waals surface area contributed by atoms with Crippen molar-refractivity contribution >= 4 is 17.7 Å². The number of hydrogen-bond acceptors (Lipinski definition) is 8. The summed E-state index contributed by atoms with van der Waals surface area (Å²) in [5.74, 6) is -1.68. The maximum Gasteiger partial charge on any atom is 0.240 e. The fourth-order valence-corrected chi connectivity index (χ4v) is 1.85. The van der Waals surface area contributed by atoms with Gasteiger partial charge in [0.1, 0.15) is 6.04 Å². The number of amides is 3. The molecule has 0 heterocycles. The van der Waals surface area contributed by atoms with Crippen LogP contribution in [0.3, 0.4) is 0 Å². The van der Waals surface area contributed by atoms with Crippen molar-refractivity contribution in [2.75, 3.05) is 59.4 Å². The van der Waals surface area contributed by atoms with Gasteiger partial charge in [-0.05, 0) is 6.42 Å². The zero-order valence-electron chi connectivity index (χ0n) is 15.7. The van der Waals surface area contributed by atoms with Gasteiger partial charge >= 0.3 is 0 Å². The highest BCUT2D eigenvalue weighted by molar-refractivity contribution is 5.87. The molecule has 0 aliphatic heterocycles. The number of hydrogen-bond donors (Lipinski definition) is 4. The Hall–Kier alpha value is -1.79. The predicted molar refractivity (Wildman–Crippen MR) is 96.5 cm³/mol. The third kappa shape index (κ3) is 17.4. The van der Waals surface area contributed by atoms with Crippen molar-refractivity contribution in [3.63, 3.8) is 0 Å².